The van der Waals surface area contributed by atoms with Crippen molar-refractivity contribution in [2.75, 3.05) is 0 Å². The summed E-state index contributed by atoms with van der Waals surface area (Å²) in [6.45, 7) is 1.81. The van der Waals surface area contributed by atoms with E-state index >= 15 is 0 Å². The first-order valence-corrected chi connectivity index (χ1v) is 10.7. The van der Waals surface area contributed by atoms with Gasteiger partial charge in [-0.25, -0.2) is 13.1 Å². The summed E-state index contributed by atoms with van der Waals surface area (Å²) in [5.41, 5.74) is 7.13. The summed E-state index contributed by atoms with van der Waals surface area (Å²) in [6.07, 6.45) is 2.68. The summed E-state index contributed by atoms with van der Waals surface area (Å²) in [5, 5.41) is 3.99. The van der Waals surface area contributed by atoms with Crippen LogP contribution >= 0.6 is 0 Å². The molecule has 0 saturated heterocycles. The largest absolute Gasteiger partial charge is 0.334 e. The molecule has 1 unspecified atom stereocenters. The second-order valence-corrected chi connectivity index (χ2v) is 8.93. The Morgan fingerprint density at radius 1 is 1.14 bits per heavy atom. The van der Waals surface area contributed by atoms with Gasteiger partial charge in [-0.3, -0.25) is 0 Å². The molecule has 0 bridgehead atoms. The number of nitrogens with zero attached hydrogens (tertiary/aromatic N) is 2. The zero-order valence-corrected chi connectivity index (χ0v) is 16.3. The fourth-order valence-corrected chi connectivity index (χ4v) is 4.51. The number of hydrogen-bond donors (Lipinski definition) is 2. The normalized spacial score (nSPS) is 17.1. The first kappa shape index (κ1) is 18.8. The monoisotopic (exact) mass is 398 g/mol. The molecule has 28 heavy (non-hydrogen) atoms. The van der Waals surface area contributed by atoms with Gasteiger partial charge in [-0.15, -0.1) is 0 Å². The Bertz CT molecular complexity index is 1080. The minimum absolute atomic E-state index is 0.138. The first-order valence-electron chi connectivity index (χ1n) is 9.18. The molecule has 2 aromatic carbocycles. The van der Waals surface area contributed by atoms with E-state index < -0.39 is 15.6 Å². The molecule has 1 saturated carbocycles. The summed E-state index contributed by atoms with van der Waals surface area (Å²) in [5.74, 6) is 0.734. The van der Waals surface area contributed by atoms with Crippen LogP contribution in [0.2, 0.25) is 0 Å². The van der Waals surface area contributed by atoms with Gasteiger partial charge in [-0.2, -0.15) is 4.98 Å². The minimum Gasteiger partial charge on any atom is -0.334 e. The third-order valence-corrected chi connectivity index (χ3v) is 6.68. The maximum absolute atomic E-state index is 12.8. The van der Waals surface area contributed by atoms with Gasteiger partial charge in [0.25, 0.3) is 5.89 Å². The average molecular weight is 398 g/mol. The van der Waals surface area contributed by atoms with Crippen LogP contribution in [0.4, 0.5) is 0 Å². The molecule has 1 aliphatic rings. The highest BCUT2D eigenvalue weighted by Crippen LogP contribution is 2.37. The van der Waals surface area contributed by atoms with Gasteiger partial charge in [0.1, 0.15) is 0 Å². The van der Waals surface area contributed by atoms with E-state index in [4.69, 9.17) is 10.3 Å². The van der Waals surface area contributed by atoms with Crippen LogP contribution in [0.25, 0.3) is 11.5 Å². The molecular formula is C20H22N4O3S. The predicted molar refractivity (Wildman–Crippen MR) is 105 cm³/mol. The number of nitrogens with one attached hydrogen (secondary N) is 1. The lowest BCUT2D eigenvalue weighted by molar-refractivity contribution is 0.229. The van der Waals surface area contributed by atoms with Crippen molar-refractivity contribution in [3.63, 3.8) is 0 Å². The standard InChI is InChI=1S/C20H22N4O3S/c1-14(15-7-3-2-4-8-15)24-28(25,26)17-10-5-9-16(13-17)18-22-19(23-27-18)20(21)11-6-12-20/h2-5,7-10,13-14,24H,6,11-12,21H2,1H3. The van der Waals surface area contributed by atoms with Gasteiger partial charge < -0.3 is 10.3 Å². The second-order valence-electron chi connectivity index (χ2n) is 7.21. The lowest BCUT2D eigenvalue weighted by Crippen LogP contribution is -2.44. The molecule has 7 nitrogen and oxygen atoms in total. The Morgan fingerprint density at radius 2 is 1.89 bits per heavy atom. The average Bonchev–Trinajstić information content (AvgIpc) is 3.17. The van der Waals surface area contributed by atoms with Crippen molar-refractivity contribution in [1.29, 1.82) is 0 Å². The Kier molecular flexibility index (Phi) is 4.78. The number of aromatic nitrogens is 2. The predicted octanol–water partition coefficient (Wildman–Crippen LogP) is 3.11. The van der Waals surface area contributed by atoms with E-state index in [1.807, 2.05) is 30.3 Å². The minimum atomic E-state index is -3.72. The number of nitrogens with two attached hydrogens (primary N) is 1. The molecule has 1 aliphatic carbocycles. The van der Waals surface area contributed by atoms with Gasteiger partial charge in [0.2, 0.25) is 10.0 Å². The van der Waals surface area contributed by atoms with Crippen molar-refractivity contribution in [1.82, 2.24) is 14.9 Å². The maximum atomic E-state index is 12.8. The molecule has 1 heterocycles. The highest BCUT2D eigenvalue weighted by Gasteiger charge is 2.39. The van der Waals surface area contributed by atoms with E-state index in [1.54, 1.807) is 19.1 Å². The Morgan fingerprint density at radius 3 is 2.57 bits per heavy atom. The van der Waals surface area contributed by atoms with Gasteiger partial charge in [0.05, 0.1) is 10.4 Å². The van der Waals surface area contributed by atoms with E-state index in [0.717, 1.165) is 24.8 Å². The molecule has 0 aliphatic heterocycles. The van der Waals surface area contributed by atoms with Crippen molar-refractivity contribution in [2.45, 2.75) is 42.7 Å². The molecule has 3 aromatic rings. The van der Waals surface area contributed by atoms with Gasteiger partial charge in [0.15, 0.2) is 5.82 Å². The van der Waals surface area contributed by atoms with E-state index in [-0.39, 0.29) is 16.8 Å². The third kappa shape index (κ3) is 3.58. The lowest BCUT2D eigenvalue weighted by Gasteiger charge is -2.34. The molecule has 1 fully saturated rings. The Balaban J connectivity index is 1.58. The van der Waals surface area contributed by atoms with Crippen molar-refractivity contribution in [3.05, 3.63) is 66.0 Å². The molecule has 0 amide bonds. The van der Waals surface area contributed by atoms with Crippen LogP contribution in [0.3, 0.4) is 0 Å². The van der Waals surface area contributed by atoms with Crippen LogP contribution in [0.5, 0.6) is 0 Å². The zero-order valence-electron chi connectivity index (χ0n) is 15.5. The van der Waals surface area contributed by atoms with Gasteiger partial charge >= 0.3 is 0 Å². The second kappa shape index (κ2) is 7.12. The van der Waals surface area contributed by atoms with Crippen LogP contribution in [-0.4, -0.2) is 18.6 Å². The fraction of sp³-hybridized carbons (Fsp3) is 0.300. The molecule has 1 atom stereocenters. The number of hydrogen-bond acceptors (Lipinski definition) is 6. The van der Waals surface area contributed by atoms with Crippen molar-refractivity contribution < 1.29 is 12.9 Å². The topological polar surface area (TPSA) is 111 Å². The van der Waals surface area contributed by atoms with E-state index in [1.165, 1.54) is 12.1 Å². The molecule has 8 heteroatoms. The number of benzene rings is 2. The number of sulfonamides is 1. The highest BCUT2D eigenvalue weighted by atomic mass is 32.2. The van der Waals surface area contributed by atoms with E-state index in [0.29, 0.717) is 11.4 Å². The van der Waals surface area contributed by atoms with Crippen LogP contribution in [0.1, 0.15) is 43.6 Å². The molecule has 146 valence electrons. The quantitative estimate of drug-likeness (QED) is 0.660. The van der Waals surface area contributed by atoms with Crippen LogP contribution < -0.4 is 10.5 Å². The van der Waals surface area contributed by atoms with Crippen LogP contribution in [0.15, 0.2) is 64.0 Å². The lowest BCUT2D eigenvalue weighted by atomic mass is 9.77. The summed E-state index contributed by atoms with van der Waals surface area (Å²) in [4.78, 5) is 4.53. The van der Waals surface area contributed by atoms with E-state index in [9.17, 15) is 8.42 Å². The summed E-state index contributed by atoms with van der Waals surface area (Å²) in [7, 11) is -3.72. The smallest absolute Gasteiger partial charge is 0.258 e. The van der Waals surface area contributed by atoms with Crippen LogP contribution in [-0.2, 0) is 15.6 Å². The SMILES string of the molecule is CC(NS(=O)(=O)c1cccc(-c2nc(C3(N)CCC3)no2)c1)c1ccccc1. The maximum Gasteiger partial charge on any atom is 0.258 e. The molecule has 0 spiro atoms. The molecule has 4 rings (SSSR count). The Labute approximate surface area is 164 Å². The van der Waals surface area contributed by atoms with Gasteiger partial charge in [0, 0.05) is 11.6 Å². The first-order chi connectivity index (χ1) is 13.4. The van der Waals surface area contributed by atoms with Crippen molar-refractivity contribution in [3.8, 4) is 11.5 Å². The van der Waals surface area contributed by atoms with Gasteiger partial charge in [-0.05, 0) is 49.9 Å². The summed E-state index contributed by atoms with van der Waals surface area (Å²) < 4.78 is 33.7. The molecule has 3 N–H and O–H groups in total. The van der Waals surface area contributed by atoms with Crippen LogP contribution in [0, 0.1) is 0 Å². The zero-order chi connectivity index (χ0) is 19.8. The number of rotatable bonds is 6. The molecular weight excluding hydrogens is 376 g/mol. The molecule has 0 radical (unpaired) electrons. The third-order valence-electron chi connectivity index (χ3n) is 5.14. The van der Waals surface area contributed by atoms with E-state index in [2.05, 4.69) is 14.9 Å². The van der Waals surface area contributed by atoms with Crippen molar-refractivity contribution >= 4 is 10.0 Å². The molecule has 1 aromatic heterocycles. The Hall–Kier alpha value is -2.55. The summed E-state index contributed by atoms with van der Waals surface area (Å²) >= 11 is 0. The fourth-order valence-electron chi connectivity index (χ4n) is 3.23. The highest BCUT2D eigenvalue weighted by molar-refractivity contribution is 7.89. The van der Waals surface area contributed by atoms with Crippen molar-refractivity contribution in [2.24, 2.45) is 5.73 Å². The van der Waals surface area contributed by atoms with Gasteiger partial charge in [-0.1, -0.05) is 41.6 Å². The summed E-state index contributed by atoms with van der Waals surface area (Å²) in [6, 6.07) is 15.5.